The fourth-order valence-electron chi connectivity index (χ4n) is 3.12. The molecule has 1 N–H and O–H groups in total. The van der Waals surface area contributed by atoms with Crippen LogP contribution < -0.4 is 5.69 Å². The summed E-state index contributed by atoms with van der Waals surface area (Å²) in [5.41, 5.74) is 0.209. The number of ether oxygens (including phenoxy) is 1. The molecule has 0 bridgehead atoms. The molecule has 1 aliphatic rings. The number of nitrogens with one attached hydrogen (secondary N) is 1. The van der Waals surface area contributed by atoms with Crippen molar-refractivity contribution in [2.75, 3.05) is 46.9 Å². The van der Waals surface area contributed by atoms with Gasteiger partial charge in [-0.05, 0) is 24.9 Å². The average Bonchev–Trinajstić information content (AvgIpc) is 2.98. The smallest absolute Gasteiger partial charge is 0.345 e. The summed E-state index contributed by atoms with van der Waals surface area (Å²) >= 11 is 0. The second kappa shape index (κ2) is 8.10. The Kier molecular flexibility index (Phi) is 6.35. The Morgan fingerprint density at radius 2 is 2.20 bits per heavy atom. The van der Waals surface area contributed by atoms with Crippen molar-refractivity contribution in [2.45, 2.75) is 32.6 Å². The van der Waals surface area contributed by atoms with Crippen molar-refractivity contribution in [3.05, 3.63) is 27.9 Å². The van der Waals surface area contributed by atoms with E-state index in [4.69, 9.17) is 4.74 Å². The summed E-state index contributed by atoms with van der Waals surface area (Å²) in [5, 5.41) is 0. The molecule has 0 radical (unpaired) electrons. The fraction of sp³-hybridized carbons (Fsp3) is 0.722. The zero-order valence-corrected chi connectivity index (χ0v) is 16.0. The summed E-state index contributed by atoms with van der Waals surface area (Å²) in [6, 6.07) is 1.69. The number of rotatable bonds is 6. The number of aromatic nitrogens is 2. The highest BCUT2D eigenvalue weighted by molar-refractivity contribution is 5.92. The number of aromatic amines is 1. The van der Waals surface area contributed by atoms with Crippen LogP contribution in [0.1, 0.15) is 43.4 Å². The van der Waals surface area contributed by atoms with Gasteiger partial charge in [-0.25, -0.2) is 4.79 Å². The first kappa shape index (κ1) is 19.6. The van der Waals surface area contributed by atoms with Gasteiger partial charge >= 0.3 is 5.69 Å². The van der Waals surface area contributed by atoms with Gasteiger partial charge in [0.2, 0.25) is 0 Å². The van der Waals surface area contributed by atoms with Crippen LogP contribution in [0.4, 0.5) is 0 Å². The molecule has 0 unspecified atom stereocenters. The largest absolute Gasteiger partial charge is 0.383 e. The van der Waals surface area contributed by atoms with E-state index in [9.17, 15) is 9.59 Å². The Labute approximate surface area is 149 Å². The molecule has 7 heteroatoms. The van der Waals surface area contributed by atoms with Gasteiger partial charge in [-0.1, -0.05) is 20.8 Å². The van der Waals surface area contributed by atoms with Gasteiger partial charge in [-0.3, -0.25) is 4.79 Å². The van der Waals surface area contributed by atoms with Crippen LogP contribution in [0.2, 0.25) is 0 Å². The minimum absolute atomic E-state index is 0.202. The minimum atomic E-state index is -0.476. The normalized spacial score (nSPS) is 18.5. The standard InChI is InChI=1S/C18H30N4O3/c1-18(2,3)15-10-14(19-17(24)20-15)16(23)21(4)11-13-6-7-22(12-13)8-9-25-5/h10,13H,6-9,11-12H2,1-5H3,(H,19,20,24)/t13-/m0/s1. The van der Waals surface area contributed by atoms with Crippen LogP contribution in [-0.4, -0.2) is 72.6 Å². The maximum atomic E-state index is 12.7. The lowest BCUT2D eigenvalue weighted by molar-refractivity contribution is 0.0765. The van der Waals surface area contributed by atoms with Crippen molar-refractivity contribution in [1.82, 2.24) is 19.8 Å². The monoisotopic (exact) mass is 350 g/mol. The summed E-state index contributed by atoms with van der Waals surface area (Å²) in [4.78, 5) is 35.1. The number of carbonyl (C=O) groups is 1. The molecule has 7 nitrogen and oxygen atoms in total. The van der Waals surface area contributed by atoms with E-state index >= 15 is 0 Å². The summed E-state index contributed by atoms with van der Waals surface area (Å²) in [6.45, 7) is 10.3. The van der Waals surface area contributed by atoms with Crippen molar-refractivity contribution in [3.63, 3.8) is 0 Å². The SMILES string of the molecule is COCCN1CC[C@@H](CN(C)C(=O)c2cc(C(C)(C)C)[nH]c(=O)n2)C1. The van der Waals surface area contributed by atoms with Crippen LogP contribution in [-0.2, 0) is 10.2 Å². The van der Waals surface area contributed by atoms with E-state index in [2.05, 4.69) is 14.9 Å². The average molecular weight is 350 g/mol. The minimum Gasteiger partial charge on any atom is -0.383 e. The van der Waals surface area contributed by atoms with Crippen molar-refractivity contribution in [2.24, 2.45) is 5.92 Å². The number of hydrogen-bond donors (Lipinski definition) is 1. The second-order valence-corrected chi connectivity index (χ2v) is 7.87. The first-order valence-corrected chi connectivity index (χ1v) is 8.79. The zero-order chi connectivity index (χ0) is 18.6. The van der Waals surface area contributed by atoms with Gasteiger partial charge in [0.05, 0.1) is 6.61 Å². The van der Waals surface area contributed by atoms with E-state index < -0.39 is 5.69 Å². The quantitative estimate of drug-likeness (QED) is 0.831. The van der Waals surface area contributed by atoms with Crippen LogP contribution >= 0.6 is 0 Å². The van der Waals surface area contributed by atoms with Gasteiger partial charge < -0.3 is 19.5 Å². The molecular weight excluding hydrogens is 320 g/mol. The van der Waals surface area contributed by atoms with Gasteiger partial charge in [0.25, 0.3) is 5.91 Å². The van der Waals surface area contributed by atoms with Crippen molar-refractivity contribution in [3.8, 4) is 0 Å². The highest BCUT2D eigenvalue weighted by atomic mass is 16.5. The van der Waals surface area contributed by atoms with Crippen LogP contribution in [0.3, 0.4) is 0 Å². The molecule has 1 aliphatic heterocycles. The number of amides is 1. The molecule has 2 rings (SSSR count). The molecule has 0 aromatic carbocycles. The molecule has 1 saturated heterocycles. The summed E-state index contributed by atoms with van der Waals surface area (Å²) in [5.74, 6) is 0.238. The van der Waals surface area contributed by atoms with E-state index in [0.29, 0.717) is 12.5 Å². The van der Waals surface area contributed by atoms with Crippen LogP contribution in [0.15, 0.2) is 10.9 Å². The van der Waals surface area contributed by atoms with E-state index in [-0.39, 0.29) is 17.0 Å². The molecule has 25 heavy (non-hydrogen) atoms. The second-order valence-electron chi connectivity index (χ2n) is 7.87. The first-order valence-electron chi connectivity index (χ1n) is 8.79. The molecule has 1 amide bonds. The molecule has 140 valence electrons. The van der Waals surface area contributed by atoms with Gasteiger partial charge in [0, 0.05) is 44.9 Å². The molecule has 0 saturated carbocycles. The number of carbonyl (C=O) groups excluding carboxylic acids is 1. The highest BCUT2D eigenvalue weighted by Crippen LogP contribution is 2.20. The van der Waals surface area contributed by atoms with Crippen LogP contribution in [0.25, 0.3) is 0 Å². The van der Waals surface area contributed by atoms with Gasteiger partial charge in [-0.15, -0.1) is 0 Å². The summed E-state index contributed by atoms with van der Waals surface area (Å²) < 4.78 is 5.12. The Balaban J connectivity index is 2.01. The van der Waals surface area contributed by atoms with Crippen molar-refractivity contribution in [1.29, 1.82) is 0 Å². The Bertz CT molecular complexity index is 650. The topological polar surface area (TPSA) is 78.5 Å². The van der Waals surface area contributed by atoms with Gasteiger partial charge in [-0.2, -0.15) is 4.98 Å². The van der Waals surface area contributed by atoms with E-state index in [1.807, 2.05) is 20.8 Å². The van der Waals surface area contributed by atoms with E-state index in [0.717, 1.165) is 38.4 Å². The Morgan fingerprint density at radius 1 is 1.48 bits per heavy atom. The predicted molar refractivity (Wildman–Crippen MR) is 96.9 cm³/mol. The number of likely N-dealkylation sites (tertiary alicyclic amines) is 1. The maximum absolute atomic E-state index is 12.7. The zero-order valence-electron chi connectivity index (χ0n) is 16.0. The summed E-state index contributed by atoms with van der Waals surface area (Å²) in [6.07, 6.45) is 1.07. The number of methoxy groups -OCH3 is 1. The maximum Gasteiger partial charge on any atom is 0.345 e. The lowest BCUT2D eigenvalue weighted by atomic mass is 9.91. The van der Waals surface area contributed by atoms with Crippen molar-refractivity contribution < 1.29 is 9.53 Å². The molecular formula is C18H30N4O3. The van der Waals surface area contributed by atoms with Crippen molar-refractivity contribution >= 4 is 5.91 Å². The van der Waals surface area contributed by atoms with E-state index in [1.54, 1.807) is 25.1 Å². The first-order chi connectivity index (χ1) is 11.7. The van der Waals surface area contributed by atoms with Gasteiger partial charge in [0.1, 0.15) is 5.69 Å². The molecule has 1 aromatic heterocycles. The van der Waals surface area contributed by atoms with Crippen LogP contribution in [0.5, 0.6) is 0 Å². The van der Waals surface area contributed by atoms with Crippen LogP contribution in [0, 0.1) is 5.92 Å². The number of nitrogens with zero attached hydrogens (tertiary/aromatic N) is 3. The number of hydrogen-bond acceptors (Lipinski definition) is 5. The molecule has 2 heterocycles. The lowest BCUT2D eigenvalue weighted by Crippen LogP contribution is -2.35. The molecule has 0 spiro atoms. The van der Waals surface area contributed by atoms with E-state index in [1.165, 1.54) is 0 Å². The third-order valence-electron chi connectivity index (χ3n) is 4.63. The molecule has 1 fully saturated rings. The summed E-state index contributed by atoms with van der Waals surface area (Å²) in [7, 11) is 3.49. The predicted octanol–water partition coefficient (Wildman–Crippen LogP) is 1.11. The Morgan fingerprint density at radius 3 is 2.84 bits per heavy atom. The third kappa shape index (κ3) is 5.37. The fourth-order valence-corrected chi connectivity index (χ4v) is 3.12. The molecule has 0 aliphatic carbocycles. The highest BCUT2D eigenvalue weighted by Gasteiger charge is 2.26. The third-order valence-corrected chi connectivity index (χ3v) is 4.63. The Hall–Kier alpha value is -1.73. The molecule has 1 atom stereocenters. The molecule has 1 aromatic rings. The number of H-pyrrole nitrogens is 1. The lowest BCUT2D eigenvalue weighted by Gasteiger charge is -2.23. The van der Waals surface area contributed by atoms with Gasteiger partial charge in [0.15, 0.2) is 0 Å².